The second kappa shape index (κ2) is 7.85. The molecule has 1 saturated heterocycles. The first-order valence-electron chi connectivity index (χ1n) is 8.16. The van der Waals surface area contributed by atoms with Gasteiger partial charge >= 0.3 is 0 Å². The molecule has 1 fully saturated rings. The molecule has 1 aliphatic rings. The third-order valence-corrected chi connectivity index (χ3v) is 4.63. The molecule has 6 heteroatoms. The molecule has 3 rings (SSSR count). The van der Waals surface area contributed by atoms with E-state index in [0.717, 1.165) is 18.7 Å². The molecule has 0 unspecified atom stereocenters. The maximum absolute atomic E-state index is 13.8. The minimum absolute atomic E-state index is 0.0202. The number of ether oxygens (including phenoxy) is 1. The average molecular weight is 363 g/mol. The number of carbonyl (C=O) groups is 1. The number of nitrogens with zero attached hydrogens (tertiary/aromatic N) is 2. The highest BCUT2D eigenvalue weighted by Crippen LogP contribution is 2.19. The SMILES string of the molecule is COc1ccc(CN2CCN(C(=O)c3ccc(Cl)cc3)CC2)cc1F. The van der Waals surface area contributed by atoms with Gasteiger partial charge in [-0.15, -0.1) is 0 Å². The molecule has 1 heterocycles. The van der Waals surface area contributed by atoms with Crippen molar-refractivity contribution in [1.82, 2.24) is 9.80 Å². The van der Waals surface area contributed by atoms with E-state index in [1.807, 2.05) is 11.0 Å². The Morgan fingerprint density at radius 1 is 1.12 bits per heavy atom. The van der Waals surface area contributed by atoms with Crippen LogP contribution in [0.4, 0.5) is 4.39 Å². The number of hydrogen-bond donors (Lipinski definition) is 0. The molecule has 1 amide bonds. The number of carbonyl (C=O) groups excluding carboxylic acids is 1. The lowest BCUT2D eigenvalue weighted by Crippen LogP contribution is -2.48. The molecule has 2 aromatic rings. The largest absolute Gasteiger partial charge is 0.494 e. The van der Waals surface area contributed by atoms with Gasteiger partial charge in [0.1, 0.15) is 0 Å². The van der Waals surface area contributed by atoms with Gasteiger partial charge in [-0.3, -0.25) is 9.69 Å². The summed E-state index contributed by atoms with van der Waals surface area (Å²) in [5, 5.41) is 0.619. The number of benzene rings is 2. The van der Waals surface area contributed by atoms with Crippen LogP contribution < -0.4 is 4.74 Å². The minimum Gasteiger partial charge on any atom is -0.494 e. The molecule has 0 bridgehead atoms. The van der Waals surface area contributed by atoms with Crippen LogP contribution in [-0.2, 0) is 6.54 Å². The van der Waals surface area contributed by atoms with Gasteiger partial charge < -0.3 is 9.64 Å². The Labute approximate surface area is 151 Å². The van der Waals surface area contributed by atoms with Gasteiger partial charge in [0, 0.05) is 43.3 Å². The van der Waals surface area contributed by atoms with Crippen LogP contribution in [0.2, 0.25) is 5.02 Å². The molecule has 0 spiro atoms. The van der Waals surface area contributed by atoms with Gasteiger partial charge in [-0.2, -0.15) is 0 Å². The van der Waals surface area contributed by atoms with E-state index in [9.17, 15) is 9.18 Å². The lowest BCUT2D eigenvalue weighted by Gasteiger charge is -2.34. The average Bonchev–Trinajstić information content (AvgIpc) is 2.63. The summed E-state index contributed by atoms with van der Waals surface area (Å²) in [5.41, 5.74) is 1.55. The fourth-order valence-corrected chi connectivity index (χ4v) is 3.08. The summed E-state index contributed by atoms with van der Waals surface area (Å²) in [5.74, 6) is -0.0782. The van der Waals surface area contributed by atoms with Crippen molar-refractivity contribution in [3.63, 3.8) is 0 Å². The lowest BCUT2D eigenvalue weighted by atomic mass is 10.1. The van der Waals surface area contributed by atoms with Gasteiger partial charge in [-0.25, -0.2) is 4.39 Å². The summed E-state index contributed by atoms with van der Waals surface area (Å²) in [6.07, 6.45) is 0. The highest BCUT2D eigenvalue weighted by Gasteiger charge is 2.22. The fourth-order valence-electron chi connectivity index (χ4n) is 2.95. The second-order valence-electron chi connectivity index (χ2n) is 6.04. The van der Waals surface area contributed by atoms with Crippen LogP contribution >= 0.6 is 11.6 Å². The zero-order valence-corrected chi connectivity index (χ0v) is 14.8. The second-order valence-corrected chi connectivity index (χ2v) is 6.48. The van der Waals surface area contributed by atoms with Crippen LogP contribution in [0.1, 0.15) is 15.9 Å². The summed E-state index contributed by atoms with van der Waals surface area (Å²) in [6.45, 7) is 3.48. The Balaban J connectivity index is 1.55. The third-order valence-electron chi connectivity index (χ3n) is 4.37. The molecule has 1 aliphatic heterocycles. The summed E-state index contributed by atoms with van der Waals surface area (Å²) in [6, 6.07) is 12.0. The van der Waals surface area contributed by atoms with Gasteiger partial charge in [0.2, 0.25) is 0 Å². The number of rotatable bonds is 4. The van der Waals surface area contributed by atoms with Crippen LogP contribution in [0.3, 0.4) is 0 Å². The smallest absolute Gasteiger partial charge is 0.253 e. The van der Waals surface area contributed by atoms with Crippen molar-refractivity contribution < 1.29 is 13.9 Å². The van der Waals surface area contributed by atoms with E-state index in [1.165, 1.54) is 13.2 Å². The van der Waals surface area contributed by atoms with Gasteiger partial charge in [0.05, 0.1) is 7.11 Å². The quantitative estimate of drug-likeness (QED) is 0.835. The van der Waals surface area contributed by atoms with Crippen molar-refractivity contribution >= 4 is 17.5 Å². The van der Waals surface area contributed by atoms with E-state index in [2.05, 4.69) is 4.90 Å². The molecular weight excluding hydrogens is 343 g/mol. The number of halogens is 2. The highest BCUT2D eigenvalue weighted by atomic mass is 35.5. The summed E-state index contributed by atoms with van der Waals surface area (Å²) < 4.78 is 18.7. The molecule has 0 N–H and O–H groups in total. The first-order chi connectivity index (χ1) is 12.1. The molecular formula is C19H20ClFN2O2. The summed E-state index contributed by atoms with van der Waals surface area (Å²) >= 11 is 5.86. The molecule has 0 atom stereocenters. The third kappa shape index (κ3) is 4.30. The topological polar surface area (TPSA) is 32.8 Å². The van der Waals surface area contributed by atoms with E-state index >= 15 is 0 Å². The van der Waals surface area contributed by atoms with Crippen LogP contribution in [0.25, 0.3) is 0 Å². The van der Waals surface area contributed by atoms with Crippen molar-refractivity contribution in [3.05, 3.63) is 64.4 Å². The standard InChI is InChI=1S/C19H20ClFN2O2/c1-25-18-7-2-14(12-17(18)21)13-22-8-10-23(11-9-22)19(24)15-3-5-16(20)6-4-15/h2-7,12H,8-11,13H2,1H3. The predicted molar refractivity (Wildman–Crippen MR) is 95.6 cm³/mol. The molecule has 0 aliphatic carbocycles. The molecule has 4 nitrogen and oxygen atoms in total. The normalized spacial score (nSPS) is 15.2. The maximum atomic E-state index is 13.8. The van der Waals surface area contributed by atoms with Crippen molar-refractivity contribution in [3.8, 4) is 5.75 Å². The summed E-state index contributed by atoms with van der Waals surface area (Å²) in [7, 11) is 1.45. The highest BCUT2D eigenvalue weighted by molar-refractivity contribution is 6.30. The minimum atomic E-state index is -0.350. The first-order valence-corrected chi connectivity index (χ1v) is 8.54. The van der Waals surface area contributed by atoms with Crippen molar-refractivity contribution in [2.45, 2.75) is 6.54 Å². The van der Waals surface area contributed by atoms with E-state index in [0.29, 0.717) is 30.2 Å². The Morgan fingerprint density at radius 3 is 2.40 bits per heavy atom. The Kier molecular flexibility index (Phi) is 5.56. The van der Waals surface area contributed by atoms with Crippen molar-refractivity contribution in [2.24, 2.45) is 0 Å². The van der Waals surface area contributed by atoms with E-state index in [-0.39, 0.29) is 17.5 Å². The molecule has 0 radical (unpaired) electrons. The van der Waals surface area contributed by atoms with E-state index < -0.39 is 0 Å². The van der Waals surface area contributed by atoms with Crippen LogP contribution in [0, 0.1) is 5.82 Å². The number of methoxy groups -OCH3 is 1. The van der Waals surface area contributed by atoms with E-state index in [4.69, 9.17) is 16.3 Å². The Hall–Kier alpha value is -2.11. The number of piperazine rings is 1. The molecule has 132 valence electrons. The molecule has 2 aromatic carbocycles. The van der Waals surface area contributed by atoms with Gasteiger partial charge in [-0.1, -0.05) is 17.7 Å². The van der Waals surface area contributed by atoms with Crippen LogP contribution in [0.15, 0.2) is 42.5 Å². The zero-order chi connectivity index (χ0) is 17.8. The predicted octanol–water partition coefficient (Wildman–Crippen LogP) is 3.45. The Bertz CT molecular complexity index is 744. The van der Waals surface area contributed by atoms with Crippen LogP contribution in [-0.4, -0.2) is 49.0 Å². The molecule has 0 aromatic heterocycles. The van der Waals surface area contributed by atoms with Crippen molar-refractivity contribution in [1.29, 1.82) is 0 Å². The molecule has 25 heavy (non-hydrogen) atoms. The summed E-state index contributed by atoms with van der Waals surface area (Å²) in [4.78, 5) is 16.5. The first kappa shape index (κ1) is 17.7. The lowest BCUT2D eigenvalue weighted by molar-refractivity contribution is 0.0628. The van der Waals surface area contributed by atoms with Crippen molar-refractivity contribution in [2.75, 3.05) is 33.3 Å². The van der Waals surface area contributed by atoms with Gasteiger partial charge in [0.25, 0.3) is 5.91 Å². The van der Waals surface area contributed by atoms with Crippen LogP contribution in [0.5, 0.6) is 5.75 Å². The molecule has 0 saturated carbocycles. The fraction of sp³-hybridized carbons (Fsp3) is 0.316. The number of amides is 1. The van der Waals surface area contributed by atoms with Gasteiger partial charge in [0.15, 0.2) is 11.6 Å². The van der Waals surface area contributed by atoms with Gasteiger partial charge in [-0.05, 0) is 42.0 Å². The zero-order valence-electron chi connectivity index (χ0n) is 14.0. The maximum Gasteiger partial charge on any atom is 0.253 e. The monoisotopic (exact) mass is 362 g/mol. The Morgan fingerprint density at radius 2 is 1.80 bits per heavy atom. The number of hydrogen-bond acceptors (Lipinski definition) is 3. The van der Waals surface area contributed by atoms with E-state index in [1.54, 1.807) is 30.3 Å².